The smallest absolute Gasteiger partial charge is 0.309 e. The first-order valence-electron chi connectivity index (χ1n) is 7.92. The summed E-state index contributed by atoms with van der Waals surface area (Å²) in [6, 6.07) is 6.20. The van der Waals surface area contributed by atoms with E-state index in [0.717, 1.165) is 5.56 Å². The number of nitrogens with one attached hydrogen (secondary N) is 3. The zero-order valence-electron chi connectivity index (χ0n) is 14.7. The van der Waals surface area contributed by atoms with Gasteiger partial charge in [-0.2, -0.15) is 0 Å². The molecule has 0 unspecified atom stereocenters. The molecule has 140 valence electrons. The summed E-state index contributed by atoms with van der Waals surface area (Å²) >= 11 is 0. The lowest BCUT2D eigenvalue weighted by atomic mass is 10.1. The molecule has 1 rings (SSSR count). The fourth-order valence-corrected chi connectivity index (χ4v) is 3.21. The fraction of sp³-hybridized carbons (Fsp3) is 0.500. The Hall–Kier alpha value is -1.97. The van der Waals surface area contributed by atoms with Crippen molar-refractivity contribution in [1.82, 2.24) is 15.4 Å². The molecule has 0 bridgehead atoms. The second kappa shape index (κ2) is 10.1. The highest BCUT2D eigenvalue weighted by molar-refractivity contribution is 7.89. The van der Waals surface area contributed by atoms with Gasteiger partial charge in [-0.15, -0.1) is 0 Å². The normalized spacial score (nSPS) is 11.4. The SMILES string of the molecule is COCCNC(=O)C(=O)NCCc1ccc(S(=O)(=O)NC(C)C)cc1. The van der Waals surface area contributed by atoms with Crippen LogP contribution in [0.5, 0.6) is 0 Å². The van der Waals surface area contributed by atoms with Crippen molar-refractivity contribution in [2.45, 2.75) is 31.2 Å². The van der Waals surface area contributed by atoms with Gasteiger partial charge >= 0.3 is 11.8 Å². The number of ether oxygens (including phenoxy) is 1. The van der Waals surface area contributed by atoms with Crippen molar-refractivity contribution in [3.63, 3.8) is 0 Å². The molecule has 0 aliphatic carbocycles. The fourth-order valence-electron chi connectivity index (χ4n) is 1.96. The largest absolute Gasteiger partial charge is 0.383 e. The Balaban J connectivity index is 2.46. The third kappa shape index (κ3) is 7.63. The molecule has 0 radical (unpaired) electrons. The molecule has 1 aromatic carbocycles. The molecule has 0 atom stereocenters. The Morgan fingerprint density at radius 2 is 1.60 bits per heavy atom. The van der Waals surface area contributed by atoms with Crippen LogP contribution in [0.3, 0.4) is 0 Å². The molecule has 8 nitrogen and oxygen atoms in total. The minimum atomic E-state index is -3.52. The Labute approximate surface area is 148 Å². The standard InChI is InChI=1S/C16H25N3O5S/c1-12(2)19-25(22,23)14-6-4-13(5-7-14)8-9-17-15(20)16(21)18-10-11-24-3/h4-7,12,19H,8-11H2,1-3H3,(H,17,20)(H,18,21). The Morgan fingerprint density at radius 3 is 2.12 bits per heavy atom. The lowest BCUT2D eigenvalue weighted by Crippen LogP contribution is -2.41. The van der Waals surface area contributed by atoms with Crippen molar-refractivity contribution in [2.24, 2.45) is 0 Å². The van der Waals surface area contributed by atoms with Gasteiger partial charge in [-0.25, -0.2) is 13.1 Å². The summed E-state index contributed by atoms with van der Waals surface area (Å²) in [5.41, 5.74) is 0.851. The zero-order chi connectivity index (χ0) is 18.9. The van der Waals surface area contributed by atoms with E-state index < -0.39 is 21.8 Å². The molecule has 0 fully saturated rings. The van der Waals surface area contributed by atoms with E-state index in [0.29, 0.717) is 13.0 Å². The van der Waals surface area contributed by atoms with Crippen LogP contribution in [0.1, 0.15) is 19.4 Å². The quantitative estimate of drug-likeness (QED) is 0.411. The number of methoxy groups -OCH3 is 1. The third-order valence-corrected chi connectivity index (χ3v) is 4.80. The lowest BCUT2D eigenvalue weighted by Gasteiger charge is -2.10. The van der Waals surface area contributed by atoms with Crippen LogP contribution in [0.4, 0.5) is 0 Å². The molecule has 0 heterocycles. The van der Waals surface area contributed by atoms with Crippen LogP contribution >= 0.6 is 0 Å². The van der Waals surface area contributed by atoms with Gasteiger partial charge in [-0.1, -0.05) is 12.1 Å². The third-order valence-electron chi connectivity index (χ3n) is 3.12. The number of hydrogen-bond donors (Lipinski definition) is 3. The van der Waals surface area contributed by atoms with Crippen LogP contribution in [0, 0.1) is 0 Å². The van der Waals surface area contributed by atoms with E-state index >= 15 is 0 Å². The number of hydrogen-bond acceptors (Lipinski definition) is 5. The molecule has 0 aromatic heterocycles. The van der Waals surface area contributed by atoms with Crippen molar-refractivity contribution in [2.75, 3.05) is 26.8 Å². The minimum absolute atomic E-state index is 0.185. The number of amides is 2. The lowest BCUT2D eigenvalue weighted by molar-refractivity contribution is -0.139. The maximum atomic E-state index is 12.0. The molecule has 9 heteroatoms. The first-order valence-corrected chi connectivity index (χ1v) is 9.41. The van der Waals surface area contributed by atoms with Crippen molar-refractivity contribution >= 4 is 21.8 Å². The van der Waals surface area contributed by atoms with Gasteiger partial charge in [0.1, 0.15) is 0 Å². The van der Waals surface area contributed by atoms with Crippen LogP contribution in [0.2, 0.25) is 0 Å². The Kier molecular flexibility index (Phi) is 8.53. The molecular formula is C16H25N3O5S. The van der Waals surface area contributed by atoms with E-state index in [9.17, 15) is 18.0 Å². The zero-order valence-corrected chi connectivity index (χ0v) is 15.5. The van der Waals surface area contributed by atoms with Gasteiger partial charge in [0.2, 0.25) is 10.0 Å². The molecular weight excluding hydrogens is 346 g/mol. The molecule has 0 saturated carbocycles. The van der Waals surface area contributed by atoms with Gasteiger partial charge in [-0.05, 0) is 38.0 Å². The topological polar surface area (TPSA) is 114 Å². The highest BCUT2D eigenvalue weighted by atomic mass is 32.2. The van der Waals surface area contributed by atoms with E-state index in [4.69, 9.17) is 4.74 Å². The van der Waals surface area contributed by atoms with Crippen LogP contribution in [0.25, 0.3) is 0 Å². The molecule has 3 N–H and O–H groups in total. The molecule has 2 amide bonds. The van der Waals surface area contributed by atoms with Crippen LogP contribution in [0.15, 0.2) is 29.2 Å². The summed E-state index contributed by atoms with van der Waals surface area (Å²) in [6.07, 6.45) is 0.481. The number of sulfonamides is 1. The number of rotatable bonds is 9. The van der Waals surface area contributed by atoms with Gasteiger partial charge in [-0.3, -0.25) is 9.59 Å². The molecule has 0 aliphatic rings. The Morgan fingerprint density at radius 1 is 1.04 bits per heavy atom. The van der Waals surface area contributed by atoms with Crippen molar-refractivity contribution in [1.29, 1.82) is 0 Å². The molecule has 0 aliphatic heterocycles. The van der Waals surface area contributed by atoms with Gasteiger partial charge in [0, 0.05) is 26.2 Å². The first kappa shape index (κ1) is 21.1. The van der Waals surface area contributed by atoms with Crippen molar-refractivity contribution in [3.05, 3.63) is 29.8 Å². The highest BCUT2D eigenvalue weighted by Crippen LogP contribution is 2.11. The maximum absolute atomic E-state index is 12.0. The van der Waals surface area contributed by atoms with Gasteiger partial charge in [0.25, 0.3) is 0 Å². The first-order chi connectivity index (χ1) is 11.8. The monoisotopic (exact) mass is 371 g/mol. The molecule has 0 saturated heterocycles. The van der Waals surface area contributed by atoms with E-state index in [1.165, 1.54) is 19.2 Å². The second-order valence-corrected chi connectivity index (χ2v) is 7.39. The number of carbonyl (C=O) groups is 2. The van der Waals surface area contributed by atoms with Gasteiger partial charge in [0.15, 0.2) is 0 Å². The van der Waals surface area contributed by atoms with Crippen LogP contribution in [-0.2, 0) is 30.8 Å². The highest BCUT2D eigenvalue weighted by Gasteiger charge is 2.15. The summed E-state index contributed by atoms with van der Waals surface area (Å²) in [6.45, 7) is 4.37. The molecule has 1 aromatic rings. The van der Waals surface area contributed by atoms with Crippen molar-refractivity contribution < 1.29 is 22.7 Å². The summed E-state index contributed by atoms with van der Waals surface area (Å²) in [7, 11) is -2.01. The minimum Gasteiger partial charge on any atom is -0.383 e. The van der Waals surface area contributed by atoms with Crippen molar-refractivity contribution in [3.8, 4) is 0 Å². The van der Waals surface area contributed by atoms with E-state index in [-0.39, 0.29) is 24.0 Å². The number of benzene rings is 1. The molecule has 0 spiro atoms. The molecule has 25 heavy (non-hydrogen) atoms. The van der Waals surface area contributed by atoms with E-state index in [1.54, 1.807) is 26.0 Å². The Bertz CT molecular complexity index is 672. The van der Waals surface area contributed by atoms with Crippen LogP contribution < -0.4 is 15.4 Å². The summed E-state index contributed by atoms with van der Waals surface area (Å²) in [5, 5.41) is 4.93. The summed E-state index contributed by atoms with van der Waals surface area (Å²) in [5.74, 6) is -1.42. The predicted molar refractivity (Wildman–Crippen MR) is 93.5 cm³/mol. The predicted octanol–water partition coefficient (Wildman–Crippen LogP) is -0.205. The summed E-state index contributed by atoms with van der Waals surface area (Å²) < 4.78 is 31.3. The average Bonchev–Trinajstić information content (AvgIpc) is 2.54. The van der Waals surface area contributed by atoms with Gasteiger partial charge in [0.05, 0.1) is 11.5 Å². The second-order valence-electron chi connectivity index (χ2n) is 5.67. The summed E-state index contributed by atoms with van der Waals surface area (Å²) in [4.78, 5) is 23.2. The van der Waals surface area contributed by atoms with E-state index in [1.807, 2.05) is 0 Å². The average molecular weight is 371 g/mol. The number of carbonyl (C=O) groups excluding carboxylic acids is 2. The van der Waals surface area contributed by atoms with E-state index in [2.05, 4.69) is 15.4 Å². The maximum Gasteiger partial charge on any atom is 0.309 e. The van der Waals surface area contributed by atoms with Gasteiger partial charge < -0.3 is 15.4 Å². The van der Waals surface area contributed by atoms with Crippen LogP contribution in [-0.4, -0.2) is 53.1 Å².